The molecule has 0 aliphatic carbocycles. The molecule has 0 fully saturated rings. The predicted octanol–water partition coefficient (Wildman–Crippen LogP) is 4.46. The first-order valence-electron chi connectivity index (χ1n) is 5.49. The van der Waals surface area contributed by atoms with Crippen molar-refractivity contribution in [3.8, 4) is 5.75 Å². The van der Waals surface area contributed by atoms with Gasteiger partial charge in [-0.25, -0.2) is 0 Å². The van der Waals surface area contributed by atoms with Crippen molar-refractivity contribution in [2.24, 2.45) is 0 Å². The molecule has 1 heterocycles. The van der Waals surface area contributed by atoms with Crippen molar-refractivity contribution in [1.29, 1.82) is 0 Å². The SMILES string of the molecule is CNCc1ccc(COc2cc(Br)ccc2Cl)s1. The lowest BCUT2D eigenvalue weighted by molar-refractivity contribution is 0.310. The van der Waals surface area contributed by atoms with E-state index in [2.05, 4.69) is 33.4 Å². The summed E-state index contributed by atoms with van der Waals surface area (Å²) in [6.07, 6.45) is 0. The molecule has 0 unspecified atom stereocenters. The summed E-state index contributed by atoms with van der Waals surface area (Å²) in [4.78, 5) is 2.49. The van der Waals surface area contributed by atoms with Gasteiger partial charge in [0.15, 0.2) is 0 Å². The van der Waals surface area contributed by atoms with Crippen LogP contribution in [0.5, 0.6) is 5.75 Å². The molecule has 1 N–H and O–H groups in total. The van der Waals surface area contributed by atoms with Crippen LogP contribution in [0, 0.1) is 0 Å². The van der Waals surface area contributed by atoms with Crippen LogP contribution in [0.25, 0.3) is 0 Å². The molecule has 0 amide bonds. The van der Waals surface area contributed by atoms with Gasteiger partial charge >= 0.3 is 0 Å². The maximum atomic E-state index is 6.06. The van der Waals surface area contributed by atoms with Crippen molar-refractivity contribution in [3.63, 3.8) is 0 Å². The van der Waals surface area contributed by atoms with Crippen LogP contribution < -0.4 is 10.1 Å². The summed E-state index contributed by atoms with van der Waals surface area (Å²) in [6.45, 7) is 1.44. The van der Waals surface area contributed by atoms with Crippen molar-refractivity contribution >= 4 is 38.9 Å². The number of rotatable bonds is 5. The van der Waals surface area contributed by atoms with Crippen LogP contribution in [-0.4, -0.2) is 7.05 Å². The second-order valence-corrected chi connectivity index (χ2v) is 6.34. The maximum Gasteiger partial charge on any atom is 0.139 e. The van der Waals surface area contributed by atoms with E-state index in [9.17, 15) is 0 Å². The summed E-state index contributed by atoms with van der Waals surface area (Å²) >= 11 is 11.2. The number of nitrogens with one attached hydrogen (secondary N) is 1. The highest BCUT2D eigenvalue weighted by Crippen LogP contribution is 2.29. The van der Waals surface area contributed by atoms with Gasteiger partial charge in [0.2, 0.25) is 0 Å². The molecule has 0 saturated carbocycles. The monoisotopic (exact) mass is 345 g/mol. The fraction of sp³-hybridized carbons (Fsp3) is 0.231. The van der Waals surface area contributed by atoms with E-state index in [0.717, 1.165) is 11.0 Å². The first kappa shape index (κ1) is 13.9. The quantitative estimate of drug-likeness (QED) is 0.863. The number of benzene rings is 1. The van der Waals surface area contributed by atoms with Crippen molar-refractivity contribution in [2.45, 2.75) is 13.2 Å². The molecule has 96 valence electrons. The Morgan fingerprint density at radius 3 is 2.83 bits per heavy atom. The second-order valence-electron chi connectivity index (χ2n) is 3.76. The van der Waals surface area contributed by atoms with Crippen LogP contribution in [0.2, 0.25) is 5.02 Å². The van der Waals surface area contributed by atoms with Gasteiger partial charge in [-0.1, -0.05) is 27.5 Å². The van der Waals surface area contributed by atoms with Gasteiger partial charge in [0.05, 0.1) is 5.02 Å². The molecule has 0 aliphatic rings. The first-order chi connectivity index (χ1) is 8.69. The number of thiophene rings is 1. The Labute approximate surface area is 124 Å². The summed E-state index contributed by atoms with van der Waals surface area (Å²) in [6, 6.07) is 9.79. The molecule has 0 radical (unpaired) electrons. The molecular formula is C13H13BrClNOS. The topological polar surface area (TPSA) is 21.3 Å². The van der Waals surface area contributed by atoms with E-state index in [1.165, 1.54) is 9.75 Å². The van der Waals surface area contributed by atoms with E-state index in [0.29, 0.717) is 17.4 Å². The molecule has 0 saturated heterocycles. The van der Waals surface area contributed by atoms with Gasteiger partial charge < -0.3 is 10.1 Å². The van der Waals surface area contributed by atoms with Gasteiger partial charge in [-0.3, -0.25) is 0 Å². The molecule has 5 heteroatoms. The number of hydrogen-bond acceptors (Lipinski definition) is 3. The van der Waals surface area contributed by atoms with Gasteiger partial charge in [0.25, 0.3) is 0 Å². The van der Waals surface area contributed by atoms with Crippen LogP contribution in [0.4, 0.5) is 0 Å². The zero-order valence-electron chi connectivity index (χ0n) is 9.87. The lowest BCUT2D eigenvalue weighted by Crippen LogP contribution is -2.02. The Bertz CT molecular complexity index is 529. The summed E-state index contributed by atoms with van der Waals surface area (Å²) in [5.74, 6) is 0.703. The van der Waals surface area contributed by atoms with E-state index in [1.54, 1.807) is 11.3 Å². The molecule has 2 aromatic rings. The lowest BCUT2D eigenvalue weighted by Gasteiger charge is -2.07. The average molecular weight is 347 g/mol. The van der Waals surface area contributed by atoms with Crippen molar-refractivity contribution in [2.75, 3.05) is 7.05 Å². The Hall–Kier alpha value is -0.550. The molecule has 0 bridgehead atoms. The standard InChI is InChI=1S/C13H13BrClNOS/c1-16-7-10-3-4-11(18-10)8-17-13-6-9(14)2-5-12(13)15/h2-6,16H,7-8H2,1H3. The summed E-state index contributed by atoms with van der Waals surface area (Å²) < 4.78 is 6.69. The highest BCUT2D eigenvalue weighted by molar-refractivity contribution is 9.10. The van der Waals surface area contributed by atoms with Gasteiger partial charge in [-0.15, -0.1) is 11.3 Å². The van der Waals surface area contributed by atoms with E-state index in [1.807, 2.05) is 25.2 Å². The smallest absolute Gasteiger partial charge is 0.139 e. The Morgan fingerprint density at radius 1 is 1.28 bits per heavy atom. The fourth-order valence-corrected chi connectivity index (χ4v) is 2.96. The van der Waals surface area contributed by atoms with Gasteiger partial charge in [-0.2, -0.15) is 0 Å². The van der Waals surface area contributed by atoms with Gasteiger partial charge in [0, 0.05) is 20.8 Å². The van der Waals surface area contributed by atoms with Crippen LogP contribution in [0.1, 0.15) is 9.75 Å². The minimum atomic E-state index is 0.546. The Kier molecular flexibility index (Phi) is 5.06. The molecular weight excluding hydrogens is 334 g/mol. The average Bonchev–Trinajstić information content (AvgIpc) is 2.79. The third-order valence-corrected chi connectivity index (χ3v) is 4.20. The minimum absolute atomic E-state index is 0.546. The van der Waals surface area contributed by atoms with E-state index < -0.39 is 0 Å². The summed E-state index contributed by atoms with van der Waals surface area (Å²) in [7, 11) is 1.94. The normalized spacial score (nSPS) is 10.6. The third-order valence-electron chi connectivity index (χ3n) is 2.33. The Balaban J connectivity index is 1.99. The lowest BCUT2D eigenvalue weighted by atomic mass is 10.3. The molecule has 0 atom stereocenters. The largest absolute Gasteiger partial charge is 0.486 e. The summed E-state index contributed by atoms with van der Waals surface area (Å²) in [5.41, 5.74) is 0. The zero-order chi connectivity index (χ0) is 13.0. The van der Waals surface area contributed by atoms with E-state index in [4.69, 9.17) is 16.3 Å². The van der Waals surface area contributed by atoms with Crippen molar-refractivity contribution < 1.29 is 4.74 Å². The first-order valence-corrected chi connectivity index (χ1v) is 7.48. The highest BCUT2D eigenvalue weighted by Gasteiger charge is 2.04. The molecule has 18 heavy (non-hydrogen) atoms. The van der Waals surface area contributed by atoms with Crippen LogP contribution in [0.15, 0.2) is 34.8 Å². The van der Waals surface area contributed by atoms with Crippen LogP contribution >= 0.6 is 38.9 Å². The zero-order valence-corrected chi connectivity index (χ0v) is 13.0. The predicted molar refractivity (Wildman–Crippen MR) is 80.6 cm³/mol. The van der Waals surface area contributed by atoms with Gasteiger partial charge in [0.1, 0.15) is 12.4 Å². The summed E-state index contributed by atoms with van der Waals surface area (Å²) in [5, 5.41) is 3.76. The second kappa shape index (κ2) is 6.57. The molecule has 1 aromatic carbocycles. The highest BCUT2D eigenvalue weighted by atomic mass is 79.9. The molecule has 2 rings (SSSR count). The molecule has 2 nitrogen and oxygen atoms in total. The van der Waals surface area contributed by atoms with Gasteiger partial charge in [-0.05, 0) is 37.4 Å². The minimum Gasteiger partial charge on any atom is -0.486 e. The number of hydrogen-bond donors (Lipinski definition) is 1. The number of halogens is 2. The molecule has 0 aliphatic heterocycles. The van der Waals surface area contributed by atoms with Crippen LogP contribution in [-0.2, 0) is 13.2 Å². The maximum absolute atomic E-state index is 6.06. The Morgan fingerprint density at radius 2 is 2.06 bits per heavy atom. The van der Waals surface area contributed by atoms with Crippen molar-refractivity contribution in [3.05, 3.63) is 49.6 Å². The number of ether oxygens (including phenoxy) is 1. The fourth-order valence-electron chi connectivity index (χ4n) is 1.51. The third kappa shape index (κ3) is 3.72. The molecule has 0 spiro atoms. The van der Waals surface area contributed by atoms with Crippen LogP contribution in [0.3, 0.4) is 0 Å². The van der Waals surface area contributed by atoms with E-state index >= 15 is 0 Å². The van der Waals surface area contributed by atoms with E-state index in [-0.39, 0.29) is 0 Å². The van der Waals surface area contributed by atoms with Crippen molar-refractivity contribution in [1.82, 2.24) is 5.32 Å². The molecule has 1 aromatic heterocycles.